The molecule has 4 aromatic carbocycles. The molecule has 78 heavy (non-hydrogen) atoms. The van der Waals surface area contributed by atoms with Gasteiger partial charge in [-0.25, -0.2) is 16.8 Å². The quantitative estimate of drug-likeness (QED) is 0.0837. The highest BCUT2D eigenvalue weighted by Crippen LogP contribution is 2.42. The lowest BCUT2D eigenvalue weighted by Gasteiger charge is -2.41. The van der Waals surface area contributed by atoms with Crippen molar-refractivity contribution in [2.75, 3.05) is 81.0 Å². The Morgan fingerprint density at radius 3 is 1.19 bits per heavy atom. The van der Waals surface area contributed by atoms with Gasteiger partial charge in [-0.15, -0.1) is 0 Å². The lowest BCUT2D eigenvalue weighted by molar-refractivity contribution is -0.136. The third kappa shape index (κ3) is 13.6. The fourth-order valence-corrected chi connectivity index (χ4v) is 15.9. The van der Waals surface area contributed by atoms with Crippen molar-refractivity contribution in [1.82, 2.24) is 18.4 Å². The third-order valence-electron chi connectivity index (χ3n) is 14.4. The van der Waals surface area contributed by atoms with Crippen LogP contribution >= 0.6 is 46.4 Å². The number of carbonyl (C=O) groups is 2. The maximum atomic E-state index is 13.9. The van der Waals surface area contributed by atoms with Crippen molar-refractivity contribution in [2.45, 2.75) is 84.7 Å². The Labute approximate surface area is 474 Å². The van der Waals surface area contributed by atoms with Crippen LogP contribution in [0.15, 0.2) is 82.6 Å². The summed E-state index contributed by atoms with van der Waals surface area (Å²) >= 11 is 24.4. The number of amides is 2. The van der Waals surface area contributed by atoms with Gasteiger partial charge in [-0.1, -0.05) is 46.4 Å². The average Bonchev–Trinajstić information content (AvgIpc) is 3.74. The van der Waals surface area contributed by atoms with Crippen molar-refractivity contribution in [1.29, 1.82) is 0 Å². The number of methoxy groups -OCH3 is 4. The zero-order chi connectivity index (χ0) is 56.6. The van der Waals surface area contributed by atoms with Gasteiger partial charge in [-0.3, -0.25) is 9.59 Å². The van der Waals surface area contributed by atoms with Crippen LogP contribution in [0.2, 0.25) is 20.1 Å². The summed E-state index contributed by atoms with van der Waals surface area (Å²) in [5.41, 5.74) is 0. The van der Waals surface area contributed by atoms with Gasteiger partial charge in [0.15, 0.2) is 23.0 Å². The van der Waals surface area contributed by atoms with E-state index in [-0.39, 0.29) is 81.1 Å². The molecule has 428 valence electrons. The summed E-state index contributed by atoms with van der Waals surface area (Å²) in [4.78, 5) is 30.3. The number of benzene rings is 4. The molecule has 0 spiro atoms. The van der Waals surface area contributed by atoms with Crippen molar-refractivity contribution >= 4 is 78.3 Å². The van der Waals surface area contributed by atoms with Gasteiger partial charge >= 0.3 is 0 Å². The van der Waals surface area contributed by atoms with Crippen molar-refractivity contribution in [3.8, 4) is 34.5 Å². The van der Waals surface area contributed by atoms with Gasteiger partial charge in [0.1, 0.15) is 36.8 Å². The molecule has 0 aliphatic carbocycles. The molecule has 4 aliphatic rings. The summed E-state index contributed by atoms with van der Waals surface area (Å²) in [7, 11) is -2.38. The smallest absolute Gasteiger partial charge is 0.244 e. The molecule has 4 N–H and O–H groups in total. The third-order valence-corrected chi connectivity index (χ3v) is 19.1. The lowest BCUT2D eigenvalue weighted by atomic mass is 9.87. The molecular weight excluding hydrogens is 1140 g/mol. The van der Waals surface area contributed by atoms with E-state index in [1.165, 1.54) is 83.2 Å². The highest BCUT2D eigenvalue weighted by atomic mass is 35.5. The van der Waals surface area contributed by atoms with Crippen LogP contribution in [-0.2, 0) is 29.6 Å². The monoisotopic (exact) mass is 1200 g/mol. The zero-order valence-corrected chi connectivity index (χ0v) is 47.9. The fourth-order valence-electron chi connectivity index (χ4n) is 10.7. The number of halogens is 4. The van der Waals surface area contributed by atoms with Gasteiger partial charge < -0.3 is 58.6 Å². The first-order valence-electron chi connectivity index (χ1n) is 25.0. The molecule has 2 amide bonds. The van der Waals surface area contributed by atoms with Crippen LogP contribution in [0.1, 0.15) is 38.5 Å². The maximum absolute atomic E-state index is 13.9. The number of nitrogens with zero attached hydrogens (tertiary/aromatic N) is 4. The Bertz CT molecular complexity index is 2750. The van der Waals surface area contributed by atoms with Crippen molar-refractivity contribution < 1.29 is 75.3 Å². The van der Waals surface area contributed by atoms with E-state index in [0.717, 1.165) is 0 Å². The number of ether oxygens (including phenoxy) is 6. The number of sulfonamides is 2. The minimum absolute atomic E-state index is 0.0549. The van der Waals surface area contributed by atoms with Crippen LogP contribution in [0, 0.1) is 11.8 Å². The first kappa shape index (κ1) is 61.1. The number of aliphatic hydroxyl groups excluding tert-OH is 4. The van der Waals surface area contributed by atoms with E-state index in [2.05, 4.69) is 0 Å². The van der Waals surface area contributed by atoms with E-state index < -0.39 is 81.5 Å². The molecule has 4 aromatic rings. The number of fused-ring (bicyclic) bond motifs is 4. The van der Waals surface area contributed by atoms with Gasteiger partial charge in [0.05, 0.1) is 76.7 Å². The van der Waals surface area contributed by atoms with E-state index in [0.29, 0.717) is 73.0 Å². The number of hydrogen-bond acceptors (Lipinski definition) is 16. The molecular formula is C52H64Cl4N4O16S2. The van der Waals surface area contributed by atoms with Crippen LogP contribution in [-0.4, -0.2) is 185 Å². The molecule has 4 saturated heterocycles. The van der Waals surface area contributed by atoms with Crippen molar-refractivity contribution in [3.63, 3.8) is 0 Å². The number of carbonyl (C=O) groups excluding carboxylic acids is 2. The second kappa shape index (κ2) is 26.8. The van der Waals surface area contributed by atoms with E-state index in [9.17, 15) is 46.9 Å². The SMILES string of the molecule is COc1ccc(OCCN2C[C@H]([C@@H](O)CO)C3CCCC(C2=O)N3S(=O)(=O)c2cc(Cl)cc(Cl)c2)cc1OC.COc1ccc(OCCN2C[C@H]([C@H](O)CO)C3CCCC(C2=O)N3S(=O)(=O)c2cc(Cl)cc(Cl)c2)cc1OC. The Morgan fingerprint density at radius 2 is 0.872 bits per heavy atom. The molecule has 4 fully saturated rings. The van der Waals surface area contributed by atoms with Crippen molar-refractivity contribution in [2.24, 2.45) is 11.8 Å². The fraction of sp³-hybridized carbons (Fsp3) is 0.500. The molecule has 8 atom stereocenters. The summed E-state index contributed by atoms with van der Waals surface area (Å²) in [6, 6.07) is 14.8. The number of rotatable bonds is 20. The molecule has 0 radical (unpaired) electrons. The Kier molecular flexibility index (Phi) is 21.0. The topological polar surface area (TPSA) is 252 Å². The largest absolute Gasteiger partial charge is 0.493 e. The average molecular weight is 1210 g/mol. The van der Waals surface area contributed by atoms with Crippen LogP contribution in [0.5, 0.6) is 34.5 Å². The van der Waals surface area contributed by atoms with Gasteiger partial charge in [0, 0.05) is 69.2 Å². The second-order valence-corrected chi connectivity index (χ2v) is 24.5. The molecule has 8 rings (SSSR count). The predicted molar refractivity (Wildman–Crippen MR) is 290 cm³/mol. The van der Waals surface area contributed by atoms with E-state index in [1.807, 2.05) is 0 Å². The van der Waals surface area contributed by atoms with E-state index in [1.54, 1.807) is 36.4 Å². The minimum atomic E-state index is -4.23. The summed E-state index contributed by atoms with van der Waals surface area (Å²) in [5, 5.41) is 41.8. The lowest BCUT2D eigenvalue weighted by Crippen LogP contribution is -2.56. The Morgan fingerprint density at radius 1 is 0.526 bits per heavy atom. The Balaban J connectivity index is 0.000000226. The van der Waals surface area contributed by atoms with Crippen LogP contribution in [0.25, 0.3) is 0 Å². The Hall–Kier alpha value is -4.56. The van der Waals surface area contributed by atoms with E-state index >= 15 is 0 Å². The van der Waals surface area contributed by atoms with Crippen LogP contribution < -0.4 is 28.4 Å². The van der Waals surface area contributed by atoms with Gasteiger partial charge in [0.25, 0.3) is 0 Å². The minimum Gasteiger partial charge on any atom is -0.493 e. The normalized spacial score (nSPS) is 22.8. The first-order chi connectivity index (χ1) is 37.2. The molecule has 4 bridgehead atoms. The molecule has 26 heteroatoms. The molecule has 20 nitrogen and oxygen atoms in total. The molecule has 4 unspecified atom stereocenters. The number of hydrogen-bond donors (Lipinski definition) is 4. The molecule has 0 saturated carbocycles. The summed E-state index contributed by atoms with van der Waals surface area (Å²) in [6.45, 7) is -0.545. The standard InChI is InChI=1S/2C26H32Cl2N2O8S/c2*1-36-24-7-6-18(13-25(24)37-2)38-9-8-29-14-20(23(32)15-31)21-4-3-5-22(26(29)33)30(21)39(34,35)19-11-16(27)10-17(28)12-19/h2*6-7,10-13,20-23,31-32H,3-5,8-9,14-15H2,1-2H3/t20-,21?,22?,23+;20-,21?,22?,23-/m00/s1. The zero-order valence-electron chi connectivity index (χ0n) is 43.3. The molecule has 4 aliphatic heterocycles. The summed E-state index contributed by atoms with van der Waals surface area (Å²) < 4.78 is 90.9. The van der Waals surface area contributed by atoms with Crippen LogP contribution in [0.3, 0.4) is 0 Å². The number of aliphatic hydroxyl groups is 4. The van der Waals surface area contributed by atoms with Crippen molar-refractivity contribution in [3.05, 3.63) is 92.9 Å². The molecule has 0 aromatic heterocycles. The first-order valence-corrected chi connectivity index (χ1v) is 29.4. The molecule has 4 heterocycles. The predicted octanol–water partition coefficient (Wildman–Crippen LogP) is 5.63. The number of piperidine rings is 2. The van der Waals surface area contributed by atoms with Gasteiger partial charge in [-0.05, 0) is 99.2 Å². The van der Waals surface area contributed by atoms with Gasteiger partial charge in [0.2, 0.25) is 31.9 Å². The highest BCUT2D eigenvalue weighted by Gasteiger charge is 2.53. The maximum Gasteiger partial charge on any atom is 0.244 e. The second-order valence-electron chi connectivity index (χ2n) is 19.0. The van der Waals surface area contributed by atoms with Crippen LogP contribution in [0.4, 0.5) is 0 Å². The van der Waals surface area contributed by atoms with E-state index in [4.69, 9.17) is 74.8 Å². The summed E-state index contributed by atoms with van der Waals surface area (Å²) in [5.74, 6) is 0.839. The highest BCUT2D eigenvalue weighted by molar-refractivity contribution is 7.89. The van der Waals surface area contributed by atoms with Gasteiger partial charge in [-0.2, -0.15) is 8.61 Å². The summed E-state index contributed by atoms with van der Waals surface area (Å²) in [6.07, 6.45) is 0.186.